The highest BCUT2D eigenvalue weighted by Crippen LogP contribution is 2.36. The Hall–Kier alpha value is -3.13. The molecule has 5 rings (SSSR count). The lowest BCUT2D eigenvalue weighted by Crippen LogP contribution is -2.19. The molecule has 0 amide bonds. The van der Waals surface area contributed by atoms with Crippen LogP contribution in [-0.4, -0.2) is 28.8 Å². The van der Waals surface area contributed by atoms with E-state index in [9.17, 15) is 4.79 Å². The van der Waals surface area contributed by atoms with Crippen molar-refractivity contribution in [3.05, 3.63) is 47.0 Å². The van der Waals surface area contributed by atoms with E-state index in [1.165, 1.54) is 11.3 Å². The Morgan fingerprint density at radius 1 is 1.11 bits per heavy atom. The molecule has 142 valence electrons. The molecule has 0 aliphatic heterocycles. The number of anilines is 2. The Morgan fingerprint density at radius 2 is 1.89 bits per heavy atom. The van der Waals surface area contributed by atoms with Crippen LogP contribution in [0.4, 0.5) is 10.8 Å². The van der Waals surface area contributed by atoms with Crippen LogP contribution >= 0.6 is 11.3 Å². The van der Waals surface area contributed by atoms with Crippen LogP contribution < -0.4 is 20.3 Å². The van der Waals surface area contributed by atoms with Gasteiger partial charge in [-0.05, 0) is 37.1 Å². The number of benzene rings is 2. The number of nitrogens with zero attached hydrogens (tertiary/aromatic N) is 3. The highest BCUT2D eigenvalue weighted by Gasteiger charge is 2.26. The Balaban J connectivity index is 1.59. The van der Waals surface area contributed by atoms with E-state index in [1.54, 1.807) is 25.1 Å². The van der Waals surface area contributed by atoms with Crippen molar-refractivity contribution in [2.24, 2.45) is 0 Å². The molecule has 2 aromatic carbocycles. The topological polar surface area (TPSA) is 78.3 Å². The van der Waals surface area contributed by atoms with Crippen molar-refractivity contribution in [2.45, 2.75) is 18.9 Å². The van der Waals surface area contributed by atoms with Gasteiger partial charge in [0.1, 0.15) is 0 Å². The van der Waals surface area contributed by atoms with Gasteiger partial charge in [-0.1, -0.05) is 11.3 Å². The molecule has 0 atom stereocenters. The van der Waals surface area contributed by atoms with Gasteiger partial charge >= 0.3 is 0 Å². The van der Waals surface area contributed by atoms with Gasteiger partial charge in [0.2, 0.25) is 0 Å². The van der Waals surface area contributed by atoms with E-state index in [4.69, 9.17) is 9.47 Å². The summed E-state index contributed by atoms with van der Waals surface area (Å²) in [6.07, 6.45) is 3.74. The van der Waals surface area contributed by atoms with Crippen LogP contribution in [0.15, 0.2) is 41.5 Å². The molecule has 1 saturated carbocycles. The zero-order chi connectivity index (χ0) is 19.3. The molecular weight excluding hydrogens is 376 g/mol. The molecular formula is C20H18N4O3S. The monoisotopic (exact) mass is 394 g/mol. The summed E-state index contributed by atoms with van der Waals surface area (Å²) in [5, 5.41) is 4.64. The fourth-order valence-electron chi connectivity index (χ4n) is 3.31. The third-order valence-corrected chi connectivity index (χ3v) is 5.88. The maximum Gasteiger partial charge on any atom is 0.262 e. The predicted molar refractivity (Wildman–Crippen MR) is 110 cm³/mol. The van der Waals surface area contributed by atoms with E-state index in [0.29, 0.717) is 27.5 Å². The van der Waals surface area contributed by atoms with Gasteiger partial charge in [0.05, 0.1) is 41.7 Å². The molecule has 1 aliphatic rings. The quantitative estimate of drug-likeness (QED) is 0.549. The van der Waals surface area contributed by atoms with Crippen molar-refractivity contribution in [1.29, 1.82) is 0 Å². The molecule has 4 aromatic rings. The summed E-state index contributed by atoms with van der Waals surface area (Å²) < 4.78 is 13.2. The summed E-state index contributed by atoms with van der Waals surface area (Å²) in [5.41, 5.74) is 2.33. The fraction of sp³-hybridized carbons (Fsp3) is 0.250. The van der Waals surface area contributed by atoms with Crippen molar-refractivity contribution in [3.63, 3.8) is 0 Å². The number of aromatic nitrogens is 3. The molecule has 1 aliphatic carbocycles. The van der Waals surface area contributed by atoms with E-state index >= 15 is 0 Å². The van der Waals surface area contributed by atoms with Gasteiger partial charge in [-0.2, -0.15) is 0 Å². The first-order valence-electron chi connectivity index (χ1n) is 8.97. The molecule has 0 unspecified atom stereocenters. The fourth-order valence-corrected chi connectivity index (χ4v) is 4.32. The number of thiazole rings is 1. The van der Waals surface area contributed by atoms with Gasteiger partial charge < -0.3 is 14.8 Å². The van der Waals surface area contributed by atoms with Crippen molar-refractivity contribution in [1.82, 2.24) is 14.5 Å². The maximum atomic E-state index is 13.0. The smallest absolute Gasteiger partial charge is 0.262 e. The van der Waals surface area contributed by atoms with Gasteiger partial charge in [0, 0.05) is 17.8 Å². The molecule has 1 N–H and O–H groups in total. The van der Waals surface area contributed by atoms with Crippen LogP contribution in [-0.2, 0) is 0 Å². The largest absolute Gasteiger partial charge is 0.493 e. The van der Waals surface area contributed by atoms with Crippen molar-refractivity contribution < 1.29 is 9.47 Å². The summed E-state index contributed by atoms with van der Waals surface area (Å²) in [4.78, 5) is 22.1. The van der Waals surface area contributed by atoms with Crippen molar-refractivity contribution >= 4 is 43.3 Å². The molecule has 0 saturated heterocycles. The number of rotatable bonds is 5. The van der Waals surface area contributed by atoms with Crippen LogP contribution in [0.1, 0.15) is 18.9 Å². The van der Waals surface area contributed by atoms with E-state index in [-0.39, 0.29) is 11.6 Å². The summed E-state index contributed by atoms with van der Waals surface area (Å²) in [6.45, 7) is 0. The normalized spacial score (nSPS) is 13.8. The Bertz CT molecular complexity index is 1260. The number of ether oxygens (including phenoxy) is 2. The lowest BCUT2D eigenvalue weighted by Gasteiger charge is -2.09. The summed E-state index contributed by atoms with van der Waals surface area (Å²) >= 11 is 1.45. The average molecular weight is 394 g/mol. The third kappa shape index (κ3) is 2.77. The number of fused-ring (bicyclic) bond motifs is 3. The highest BCUT2D eigenvalue weighted by molar-refractivity contribution is 7.23. The molecule has 2 heterocycles. The maximum absolute atomic E-state index is 13.0. The lowest BCUT2D eigenvalue weighted by molar-refractivity contribution is 0.355. The number of nitrogens with one attached hydrogen (secondary N) is 1. The number of methoxy groups -OCH3 is 2. The van der Waals surface area contributed by atoms with Gasteiger partial charge in [-0.15, -0.1) is 0 Å². The van der Waals surface area contributed by atoms with Crippen molar-refractivity contribution in [3.8, 4) is 11.5 Å². The Morgan fingerprint density at radius 3 is 2.64 bits per heavy atom. The summed E-state index contributed by atoms with van der Waals surface area (Å²) in [7, 11) is 3.20. The summed E-state index contributed by atoms with van der Waals surface area (Å²) in [6, 6.07) is 9.63. The van der Waals surface area contributed by atoms with Gasteiger partial charge in [-0.3, -0.25) is 9.36 Å². The standard InChI is InChI=1S/C20H18N4O3S/c1-26-15-8-3-11(9-16(15)27-2)22-20-23-14-7-6-13-17(18(14)28-20)19(25)24(10-21-13)12-4-5-12/h3,6-10,12H,4-5H2,1-2H3,(H,22,23). The molecule has 0 spiro atoms. The first-order valence-corrected chi connectivity index (χ1v) is 9.79. The molecule has 2 aromatic heterocycles. The number of hydrogen-bond donors (Lipinski definition) is 1. The van der Waals surface area contributed by atoms with Crippen LogP contribution in [0, 0.1) is 0 Å². The van der Waals surface area contributed by atoms with Gasteiger partial charge in [0.15, 0.2) is 16.6 Å². The second-order valence-electron chi connectivity index (χ2n) is 6.71. The second-order valence-corrected chi connectivity index (χ2v) is 7.71. The van der Waals surface area contributed by atoms with Crippen molar-refractivity contribution in [2.75, 3.05) is 19.5 Å². The zero-order valence-corrected chi connectivity index (χ0v) is 16.2. The molecule has 8 heteroatoms. The minimum absolute atomic E-state index is 0.0133. The number of hydrogen-bond acceptors (Lipinski definition) is 7. The lowest BCUT2D eigenvalue weighted by atomic mass is 10.2. The Labute approximate surface area is 164 Å². The Kier molecular flexibility index (Phi) is 3.94. The molecule has 28 heavy (non-hydrogen) atoms. The van der Waals surface area contributed by atoms with E-state index in [2.05, 4.69) is 15.3 Å². The van der Waals surface area contributed by atoms with Crippen LogP contribution in [0.3, 0.4) is 0 Å². The van der Waals surface area contributed by atoms with E-state index in [1.807, 2.05) is 30.3 Å². The third-order valence-electron chi connectivity index (χ3n) is 4.88. The first-order chi connectivity index (χ1) is 13.7. The first kappa shape index (κ1) is 17.0. The molecule has 0 radical (unpaired) electrons. The van der Waals surface area contributed by atoms with Gasteiger partial charge in [-0.25, -0.2) is 9.97 Å². The van der Waals surface area contributed by atoms with Crippen LogP contribution in [0.25, 0.3) is 21.1 Å². The molecule has 7 nitrogen and oxygen atoms in total. The zero-order valence-electron chi connectivity index (χ0n) is 15.4. The highest BCUT2D eigenvalue weighted by atomic mass is 32.1. The van der Waals surface area contributed by atoms with Crippen LogP contribution in [0.5, 0.6) is 11.5 Å². The second kappa shape index (κ2) is 6.49. The van der Waals surface area contributed by atoms with Gasteiger partial charge in [0.25, 0.3) is 5.56 Å². The van der Waals surface area contributed by atoms with E-state index in [0.717, 1.165) is 28.7 Å². The SMILES string of the molecule is COc1ccc(Nc2nc3ccc4ncn(C5CC5)c(=O)c4c3s2)cc1OC. The predicted octanol–water partition coefficient (Wildman–Crippen LogP) is 4.10. The minimum Gasteiger partial charge on any atom is -0.493 e. The van der Waals surface area contributed by atoms with E-state index < -0.39 is 0 Å². The van der Waals surface area contributed by atoms with Crippen LogP contribution in [0.2, 0.25) is 0 Å². The summed E-state index contributed by atoms with van der Waals surface area (Å²) in [5.74, 6) is 1.30. The molecule has 1 fully saturated rings. The average Bonchev–Trinajstić information content (AvgIpc) is 3.47. The molecule has 0 bridgehead atoms. The minimum atomic E-state index is 0.0133.